The number of piperidine rings is 1. The zero-order valence-corrected chi connectivity index (χ0v) is 26.8. The van der Waals surface area contributed by atoms with Crippen molar-refractivity contribution in [3.63, 3.8) is 0 Å². The number of anilines is 1. The molecule has 1 aromatic carbocycles. The molecule has 2 aliphatic rings. The van der Waals surface area contributed by atoms with Crippen LogP contribution in [0, 0.1) is 12.8 Å². The summed E-state index contributed by atoms with van der Waals surface area (Å²) in [7, 11) is 0. The molecule has 0 saturated carbocycles. The molecule has 0 amide bonds. The molecule has 0 N–H and O–H groups in total. The van der Waals surface area contributed by atoms with Crippen LogP contribution in [0.3, 0.4) is 0 Å². The zero-order chi connectivity index (χ0) is 32.1. The van der Waals surface area contributed by atoms with Crippen molar-refractivity contribution >= 4 is 28.9 Å². The molecule has 2 aliphatic heterocycles. The summed E-state index contributed by atoms with van der Waals surface area (Å²) in [5.41, 5.74) is 0.590. The molecule has 1 atom stereocenters. The minimum absolute atomic E-state index is 0.0208. The van der Waals surface area contributed by atoms with Gasteiger partial charge < -0.3 is 9.64 Å². The first-order valence-electron chi connectivity index (χ1n) is 15.7. The summed E-state index contributed by atoms with van der Waals surface area (Å²) < 4.78 is 46.5. The van der Waals surface area contributed by atoms with Crippen molar-refractivity contribution in [1.82, 2.24) is 19.9 Å². The Balaban J connectivity index is 1.33. The van der Waals surface area contributed by atoms with E-state index >= 15 is 0 Å². The third kappa shape index (κ3) is 7.89. The van der Waals surface area contributed by atoms with E-state index in [-0.39, 0.29) is 35.3 Å². The van der Waals surface area contributed by atoms with E-state index in [2.05, 4.69) is 21.8 Å². The highest BCUT2D eigenvalue weighted by Gasteiger charge is 2.33. The molecule has 0 aliphatic carbocycles. The Morgan fingerprint density at radius 3 is 2.51 bits per heavy atom. The molecular weight excluding hydrogens is 603 g/mol. The summed E-state index contributed by atoms with van der Waals surface area (Å²) in [6, 6.07) is 4.77. The Morgan fingerprint density at radius 1 is 1.07 bits per heavy atom. The molecule has 8 nitrogen and oxygen atoms in total. The minimum atomic E-state index is -4.47. The number of halogens is 3. The first-order valence-corrected chi connectivity index (χ1v) is 16.6. The Kier molecular flexibility index (Phi) is 10.5. The number of aromatic nitrogens is 3. The largest absolute Gasteiger partial charge is 0.466 e. The summed E-state index contributed by atoms with van der Waals surface area (Å²) in [4.78, 5) is 44.2. The second kappa shape index (κ2) is 14.4. The molecule has 242 valence electrons. The highest BCUT2D eigenvalue weighted by molar-refractivity contribution is 7.12. The van der Waals surface area contributed by atoms with E-state index in [9.17, 15) is 22.8 Å². The molecule has 12 heteroatoms. The lowest BCUT2D eigenvalue weighted by Gasteiger charge is -2.31. The van der Waals surface area contributed by atoms with Crippen LogP contribution in [-0.2, 0) is 28.7 Å². The fraction of sp³-hybridized carbons (Fsp3) is 0.545. The number of esters is 1. The van der Waals surface area contributed by atoms with Gasteiger partial charge in [-0.3, -0.25) is 14.5 Å². The maximum atomic E-state index is 13.8. The van der Waals surface area contributed by atoms with Crippen LogP contribution >= 0.6 is 11.3 Å². The number of ether oxygens (including phenoxy) is 1. The Labute approximate surface area is 266 Å². The quantitative estimate of drug-likeness (QED) is 0.165. The average Bonchev–Trinajstić information content (AvgIpc) is 3.63. The predicted molar refractivity (Wildman–Crippen MR) is 167 cm³/mol. The molecule has 2 aromatic heterocycles. The monoisotopic (exact) mass is 643 g/mol. The number of likely N-dealkylation sites (tertiary alicyclic amines) is 1. The van der Waals surface area contributed by atoms with Gasteiger partial charge in [0.15, 0.2) is 5.78 Å². The lowest BCUT2D eigenvalue weighted by Crippen LogP contribution is -2.37. The van der Waals surface area contributed by atoms with Crippen LogP contribution < -0.4 is 4.90 Å². The van der Waals surface area contributed by atoms with Crippen molar-refractivity contribution in [2.24, 2.45) is 5.92 Å². The summed E-state index contributed by atoms with van der Waals surface area (Å²) in [6.07, 6.45) is 4.19. The number of nitrogens with zero attached hydrogens (tertiary/aromatic N) is 5. The fourth-order valence-corrected chi connectivity index (χ4v) is 7.41. The number of ketones is 1. The molecule has 5 rings (SSSR count). The third-order valence-corrected chi connectivity index (χ3v) is 9.74. The number of hydrogen-bond donors (Lipinski definition) is 0. The fourth-order valence-electron chi connectivity index (χ4n) is 6.29. The molecule has 2 fully saturated rings. The smallest absolute Gasteiger partial charge is 0.416 e. The number of rotatable bonds is 11. The first-order chi connectivity index (χ1) is 21.6. The van der Waals surface area contributed by atoms with Crippen molar-refractivity contribution in [1.29, 1.82) is 0 Å². The van der Waals surface area contributed by atoms with Gasteiger partial charge in [-0.05, 0) is 64.1 Å². The van der Waals surface area contributed by atoms with Crippen molar-refractivity contribution < 1.29 is 27.5 Å². The van der Waals surface area contributed by atoms with Crippen LogP contribution in [-0.4, -0.2) is 63.9 Å². The van der Waals surface area contributed by atoms with Gasteiger partial charge in [0.1, 0.15) is 16.5 Å². The first kappa shape index (κ1) is 33.0. The van der Waals surface area contributed by atoms with Crippen LogP contribution in [0.15, 0.2) is 30.6 Å². The SMILES string of the molecule is CCC[C@@H]1CCCN1Cc1sc(CC(=O)c2cnc(N3CCC(C(=O)OCC)CC3)cn2)nc1-c1ccc(C)c(C(F)(F)F)c1. The van der Waals surface area contributed by atoms with Gasteiger partial charge in [0.25, 0.3) is 0 Å². The number of carbonyl (C=O) groups excluding carboxylic acids is 2. The maximum Gasteiger partial charge on any atom is 0.416 e. The van der Waals surface area contributed by atoms with E-state index in [1.54, 1.807) is 19.2 Å². The van der Waals surface area contributed by atoms with Gasteiger partial charge >= 0.3 is 12.1 Å². The van der Waals surface area contributed by atoms with Gasteiger partial charge in [0.2, 0.25) is 0 Å². The molecule has 3 aromatic rings. The van der Waals surface area contributed by atoms with Gasteiger partial charge in [-0.25, -0.2) is 15.0 Å². The number of carbonyl (C=O) groups is 2. The predicted octanol–water partition coefficient (Wildman–Crippen LogP) is 6.90. The third-order valence-electron chi connectivity index (χ3n) is 8.70. The van der Waals surface area contributed by atoms with E-state index in [1.165, 1.54) is 36.6 Å². The molecule has 0 radical (unpaired) electrons. The summed E-state index contributed by atoms with van der Waals surface area (Å²) in [6.45, 7) is 8.58. The molecule has 0 bridgehead atoms. The van der Waals surface area contributed by atoms with Crippen LogP contribution in [0.25, 0.3) is 11.3 Å². The molecule has 0 spiro atoms. The number of aryl methyl sites for hydroxylation is 1. The van der Waals surface area contributed by atoms with Gasteiger partial charge in [-0.15, -0.1) is 11.3 Å². The molecule has 4 heterocycles. The lowest BCUT2D eigenvalue weighted by molar-refractivity contribution is -0.148. The molecular formula is C33H40F3N5O3S. The number of alkyl halides is 3. The van der Waals surface area contributed by atoms with Crippen molar-refractivity contribution in [2.75, 3.05) is 31.1 Å². The van der Waals surface area contributed by atoms with Gasteiger partial charge in [-0.2, -0.15) is 13.2 Å². The Hall–Kier alpha value is -3.38. The number of Topliss-reactive ketones (excluding diaryl/α,β-unsaturated/α-hetero) is 1. The van der Waals surface area contributed by atoms with E-state index in [1.807, 2.05) is 4.90 Å². The molecule has 45 heavy (non-hydrogen) atoms. The van der Waals surface area contributed by atoms with E-state index in [0.29, 0.717) is 67.2 Å². The van der Waals surface area contributed by atoms with Crippen molar-refractivity contribution in [3.8, 4) is 11.3 Å². The van der Waals surface area contributed by atoms with Crippen LogP contribution in [0.1, 0.15) is 83.9 Å². The van der Waals surface area contributed by atoms with Crippen molar-refractivity contribution in [2.45, 2.75) is 84.5 Å². The van der Waals surface area contributed by atoms with Crippen LogP contribution in [0.2, 0.25) is 0 Å². The summed E-state index contributed by atoms with van der Waals surface area (Å²) in [5.74, 6) is 0.0970. The highest BCUT2D eigenvalue weighted by Crippen LogP contribution is 2.38. The average molecular weight is 644 g/mol. The summed E-state index contributed by atoms with van der Waals surface area (Å²) in [5, 5.41) is 0.539. The van der Waals surface area contributed by atoms with Crippen LogP contribution in [0.5, 0.6) is 0 Å². The highest BCUT2D eigenvalue weighted by atomic mass is 32.1. The Bertz CT molecular complexity index is 1490. The summed E-state index contributed by atoms with van der Waals surface area (Å²) >= 11 is 1.38. The molecule has 0 unspecified atom stereocenters. The van der Waals surface area contributed by atoms with Gasteiger partial charge in [0, 0.05) is 36.1 Å². The van der Waals surface area contributed by atoms with Gasteiger partial charge in [-0.1, -0.05) is 25.5 Å². The lowest BCUT2D eigenvalue weighted by atomic mass is 9.97. The topological polar surface area (TPSA) is 88.5 Å². The second-order valence-corrected chi connectivity index (χ2v) is 13.0. The number of benzene rings is 1. The van der Waals surface area contributed by atoms with Gasteiger partial charge in [0.05, 0.1) is 42.6 Å². The number of thiazole rings is 1. The zero-order valence-electron chi connectivity index (χ0n) is 26.0. The standard InChI is InChI=1S/C33H40F3N5O3S/c1-4-7-24-8-6-13-41(24)20-28-31(23-10-9-21(3)25(16-23)33(34,35)36)39-30(45-28)17-27(42)26-18-38-29(19-37-26)40-14-11-22(12-15-40)32(43)44-5-2/h9-10,16,18-19,22,24H,4-8,11-15,17,20H2,1-3H3/t24-/m1/s1. The minimum Gasteiger partial charge on any atom is -0.466 e. The van der Waals surface area contributed by atoms with E-state index < -0.39 is 11.7 Å². The second-order valence-electron chi connectivity index (χ2n) is 11.8. The Morgan fingerprint density at radius 2 is 1.84 bits per heavy atom. The van der Waals surface area contributed by atoms with E-state index in [0.717, 1.165) is 37.1 Å². The van der Waals surface area contributed by atoms with Crippen LogP contribution in [0.4, 0.5) is 19.0 Å². The van der Waals surface area contributed by atoms with Crippen molar-refractivity contribution in [3.05, 3.63) is 57.3 Å². The number of hydrogen-bond acceptors (Lipinski definition) is 9. The molecule has 2 saturated heterocycles. The normalized spacial score (nSPS) is 18.0. The van der Waals surface area contributed by atoms with E-state index in [4.69, 9.17) is 9.72 Å². The maximum absolute atomic E-state index is 13.8.